The smallest absolute Gasteiger partial charge is 0.139 e. The summed E-state index contributed by atoms with van der Waals surface area (Å²) in [5.74, 6) is 1.31. The molecule has 2 unspecified atom stereocenters. The number of carbonyl (C=O) groups is 1. The van der Waals surface area contributed by atoms with Crippen LogP contribution in [0.3, 0.4) is 0 Å². The zero-order chi connectivity index (χ0) is 9.54. The summed E-state index contributed by atoms with van der Waals surface area (Å²) in [6.07, 6.45) is 4.31. The molecule has 78 valence electrons. The van der Waals surface area contributed by atoms with Gasteiger partial charge in [0.05, 0.1) is 13.2 Å². The molecule has 1 aliphatic carbocycles. The van der Waals surface area contributed by atoms with Gasteiger partial charge in [-0.2, -0.15) is 0 Å². The lowest BCUT2D eigenvalue weighted by Crippen LogP contribution is -2.55. The van der Waals surface area contributed by atoms with Crippen LogP contribution in [0.1, 0.15) is 25.7 Å². The maximum absolute atomic E-state index is 11.9. The van der Waals surface area contributed by atoms with Gasteiger partial charge in [-0.25, -0.2) is 0 Å². The molecule has 1 saturated carbocycles. The quantitative estimate of drug-likeness (QED) is 0.706. The maximum atomic E-state index is 11.9. The van der Waals surface area contributed by atoms with Gasteiger partial charge in [-0.1, -0.05) is 0 Å². The predicted molar refractivity (Wildman–Crippen MR) is 52.0 cm³/mol. The average molecular weight is 195 g/mol. The number of Topliss-reactive ketones (excluding diaryl/α,β-unsaturated/α-hetero) is 1. The highest BCUT2D eigenvalue weighted by molar-refractivity contribution is 5.85. The van der Waals surface area contributed by atoms with Crippen LogP contribution in [0.15, 0.2) is 0 Å². The van der Waals surface area contributed by atoms with Gasteiger partial charge < -0.3 is 10.1 Å². The van der Waals surface area contributed by atoms with E-state index in [1.165, 1.54) is 0 Å². The van der Waals surface area contributed by atoms with Crippen LogP contribution in [0.25, 0.3) is 0 Å². The van der Waals surface area contributed by atoms with Crippen molar-refractivity contribution in [1.82, 2.24) is 5.32 Å². The van der Waals surface area contributed by atoms with Crippen molar-refractivity contribution in [3.63, 3.8) is 0 Å². The second-order valence-electron chi connectivity index (χ2n) is 4.94. The molecule has 2 saturated heterocycles. The van der Waals surface area contributed by atoms with Gasteiger partial charge in [-0.15, -0.1) is 0 Å². The molecule has 3 rings (SSSR count). The normalized spacial score (nSPS) is 42.1. The highest BCUT2D eigenvalue weighted by Crippen LogP contribution is 2.36. The fourth-order valence-electron chi connectivity index (χ4n) is 2.77. The minimum atomic E-state index is 0.336. The topological polar surface area (TPSA) is 38.3 Å². The van der Waals surface area contributed by atoms with Gasteiger partial charge in [-0.05, 0) is 25.7 Å². The summed E-state index contributed by atoms with van der Waals surface area (Å²) >= 11 is 0. The van der Waals surface area contributed by atoms with Gasteiger partial charge in [0.2, 0.25) is 0 Å². The van der Waals surface area contributed by atoms with Crippen LogP contribution in [0.2, 0.25) is 0 Å². The van der Waals surface area contributed by atoms with Crippen molar-refractivity contribution in [3.8, 4) is 0 Å². The second-order valence-corrected chi connectivity index (χ2v) is 4.94. The Bertz CT molecular complexity index is 238. The number of hydrogen-bond donors (Lipinski definition) is 1. The number of piperidine rings is 1. The van der Waals surface area contributed by atoms with Crippen molar-refractivity contribution < 1.29 is 9.53 Å². The lowest BCUT2D eigenvalue weighted by Gasteiger charge is -2.39. The minimum Gasteiger partial charge on any atom is -0.378 e. The van der Waals surface area contributed by atoms with Crippen LogP contribution in [0, 0.1) is 11.8 Å². The summed E-state index contributed by atoms with van der Waals surface area (Å²) in [5, 5.41) is 3.52. The zero-order valence-electron chi connectivity index (χ0n) is 8.37. The van der Waals surface area contributed by atoms with Gasteiger partial charge in [0.1, 0.15) is 5.78 Å². The largest absolute Gasteiger partial charge is 0.378 e. The molecule has 1 N–H and O–H groups in total. The van der Waals surface area contributed by atoms with E-state index in [-0.39, 0.29) is 0 Å². The standard InChI is InChI=1S/C11H17NO2/c13-11(7-1-2-7)8-3-9-5-14-6-10(4-8)12-9/h7-10,12H,1-6H2. The Morgan fingerprint density at radius 2 is 1.71 bits per heavy atom. The first-order valence-electron chi connectivity index (χ1n) is 5.70. The fourth-order valence-corrected chi connectivity index (χ4v) is 2.77. The molecule has 3 fully saturated rings. The number of hydrogen-bond acceptors (Lipinski definition) is 3. The molecular formula is C11H17NO2. The molecule has 2 aliphatic heterocycles. The molecule has 0 spiro atoms. The third-order valence-electron chi connectivity index (χ3n) is 3.63. The van der Waals surface area contributed by atoms with Gasteiger partial charge in [0.15, 0.2) is 0 Å². The number of ketones is 1. The fraction of sp³-hybridized carbons (Fsp3) is 0.909. The lowest BCUT2D eigenvalue weighted by molar-refractivity contribution is -0.127. The van der Waals surface area contributed by atoms with E-state index >= 15 is 0 Å². The Morgan fingerprint density at radius 3 is 2.29 bits per heavy atom. The van der Waals surface area contributed by atoms with E-state index in [4.69, 9.17) is 4.74 Å². The lowest BCUT2D eigenvalue weighted by atomic mass is 9.83. The molecule has 0 aromatic rings. The van der Waals surface area contributed by atoms with Crippen molar-refractivity contribution in [1.29, 1.82) is 0 Å². The van der Waals surface area contributed by atoms with E-state index < -0.39 is 0 Å². The summed E-state index contributed by atoms with van der Waals surface area (Å²) < 4.78 is 5.47. The number of rotatable bonds is 2. The molecule has 3 aliphatic rings. The van der Waals surface area contributed by atoms with E-state index in [0.717, 1.165) is 38.9 Å². The van der Waals surface area contributed by atoms with Crippen molar-refractivity contribution in [2.75, 3.05) is 13.2 Å². The number of nitrogens with one attached hydrogen (secondary N) is 1. The highest BCUT2D eigenvalue weighted by Gasteiger charge is 2.40. The molecule has 14 heavy (non-hydrogen) atoms. The summed E-state index contributed by atoms with van der Waals surface area (Å²) in [6, 6.07) is 0.880. The van der Waals surface area contributed by atoms with E-state index in [1.54, 1.807) is 0 Å². The Morgan fingerprint density at radius 1 is 1.07 bits per heavy atom. The predicted octanol–water partition coefficient (Wildman–Crippen LogP) is 0.732. The molecule has 0 radical (unpaired) electrons. The monoisotopic (exact) mass is 195 g/mol. The van der Waals surface area contributed by atoms with E-state index in [0.29, 0.717) is 29.7 Å². The molecule has 2 heterocycles. The molecular weight excluding hydrogens is 178 g/mol. The van der Waals surface area contributed by atoms with E-state index in [1.807, 2.05) is 0 Å². The maximum Gasteiger partial charge on any atom is 0.139 e. The summed E-state index contributed by atoms with van der Waals surface area (Å²) in [6.45, 7) is 1.59. The molecule has 0 aromatic carbocycles. The van der Waals surface area contributed by atoms with Crippen LogP contribution in [-0.2, 0) is 9.53 Å². The van der Waals surface area contributed by atoms with Gasteiger partial charge >= 0.3 is 0 Å². The first-order valence-corrected chi connectivity index (χ1v) is 5.70. The molecule has 2 bridgehead atoms. The SMILES string of the molecule is O=C(C1CC1)C1CC2COCC(C1)N2. The van der Waals surface area contributed by atoms with Gasteiger partial charge in [-0.3, -0.25) is 4.79 Å². The van der Waals surface area contributed by atoms with Crippen molar-refractivity contribution in [2.24, 2.45) is 11.8 Å². The Hall–Kier alpha value is -0.410. The van der Waals surface area contributed by atoms with Crippen LogP contribution in [0.5, 0.6) is 0 Å². The third kappa shape index (κ3) is 1.59. The highest BCUT2D eigenvalue weighted by atomic mass is 16.5. The second kappa shape index (κ2) is 3.31. The minimum absolute atomic E-state index is 0.336. The van der Waals surface area contributed by atoms with E-state index in [9.17, 15) is 4.79 Å². The van der Waals surface area contributed by atoms with Crippen molar-refractivity contribution in [3.05, 3.63) is 0 Å². The Kier molecular flexibility index (Phi) is 2.10. The Labute approximate surface area is 84.2 Å². The number of fused-ring (bicyclic) bond motifs is 2. The third-order valence-corrected chi connectivity index (χ3v) is 3.63. The van der Waals surface area contributed by atoms with E-state index in [2.05, 4.69) is 5.32 Å². The molecule has 3 heteroatoms. The summed E-state index contributed by atoms with van der Waals surface area (Å²) in [5.41, 5.74) is 0. The van der Waals surface area contributed by atoms with Crippen LogP contribution in [-0.4, -0.2) is 31.1 Å². The first-order chi connectivity index (χ1) is 6.83. The van der Waals surface area contributed by atoms with Crippen LogP contribution < -0.4 is 5.32 Å². The van der Waals surface area contributed by atoms with Crippen molar-refractivity contribution >= 4 is 5.78 Å². The molecule has 3 nitrogen and oxygen atoms in total. The van der Waals surface area contributed by atoms with Gasteiger partial charge in [0, 0.05) is 23.9 Å². The number of ether oxygens (including phenoxy) is 1. The average Bonchev–Trinajstić information content (AvgIpc) is 2.99. The molecule has 2 atom stereocenters. The molecule has 0 amide bonds. The summed E-state index contributed by atoms with van der Waals surface area (Å²) in [4.78, 5) is 11.9. The zero-order valence-corrected chi connectivity index (χ0v) is 8.37. The first kappa shape index (κ1) is 8.86. The van der Waals surface area contributed by atoms with Crippen molar-refractivity contribution in [2.45, 2.75) is 37.8 Å². The van der Waals surface area contributed by atoms with Crippen LogP contribution in [0.4, 0.5) is 0 Å². The van der Waals surface area contributed by atoms with Gasteiger partial charge in [0.25, 0.3) is 0 Å². The van der Waals surface area contributed by atoms with Crippen LogP contribution >= 0.6 is 0 Å². The summed E-state index contributed by atoms with van der Waals surface area (Å²) in [7, 11) is 0. The number of carbonyl (C=O) groups excluding carboxylic acids is 1. The number of morpholine rings is 1. The Balaban J connectivity index is 1.66. The molecule has 0 aromatic heterocycles.